The molecule has 0 unspecified atom stereocenters. The van der Waals surface area contributed by atoms with Gasteiger partial charge in [-0.2, -0.15) is 0 Å². The van der Waals surface area contributed by atoms with E-state index < -0.39 is 0 Å². The number of furan rings is 1. The van der Waals surface area contributed by atoms with E-state index in [1.807, 2.05) is 6.07 Å². The molecule has 7 heteroatoms. The van der Waals surface area contributed by atoms with E-state index in [4.69, 9.17) is 10.2 Å². The van der Waals surface area contributed by atoms with Gasteiger partial charge in [-0.1, -0.05) is 0 Å². The van der Waals surface area contributed by atoms with Gasteiger partial charge >= 0.3 is 0 Å². The number of carbonyl (C=O) groups is 1. The standard InChI is InChI=1S/C14H15BrN4O2/c15-12-3-2-11(21-12)14(20)19-7-5-18(6-8-19)10-1-4-13(16)17-9-10/h1-4,9H,5-8H2,(H2,16,17). The summed E-state index contributed by atoms with van der Waals surface area (Å²) in [5.41, 5.74) is 6.61. The van der Waals surface area contributed by atoms with E-state index in [9.17, 15) is 4.79 Å². The maximum Gasteiger partial charge on any atom is 0.289 e. The smallest absolute Gasteiger partial charge is 0.289 e. The Hall–Kier alpha value is -2.02. The molecule has 0 spiro atoms. The lowest BCUT2D eigenvalue weighted by atomic mass is 10.2. The molecule has 0 atom stereocenters. The Morgan fingerprint density at radius 2 is 1.95 bits per heavy atom. The fraction of sp³-hybridized carbons (Fsp3) is 0.286. The number of nitrogen functional groups attached to an aromatic ring is 1. The second kappa shape index (κ2) is 5.77. The fourth-order valence-corrected chi connectivity index (χ4v) is 2.64. The molecule has 2 aromatic heterocycles. The van der Waals surface area contributed by atoms with Crippen molar-refractivity contribution in [3.05, 3.63) is 40.9 Å². The Bertz CT molecular complexity index is 633. The molecule has 0 saturated carbocycles. The zero-order chi connectivity index (χ0) is 14.8. The third-order valence-electron chi connectivity index (χ3n) is 3.49. The van der Waals surface area contributed by atoms with Crippen LogP contribution in [0.4, 0.5) is 11.5 Å². The molecule has 1 aliphatic heterocycles. The van der Waals surface area contributed by atoms with Gasteiger partial charge in [0.15, 0.2) is 10.4 Å². The van der Waals surface area contributed by atoms with Crippen LogP contribution in [0.3, 0.4) is 0 Å². The summed E-state index contributed by atoms with van der Waals surface area (Å²) in [6.45, 7) is 2.83. The molecule has 0 bridgehead atoms. The van der Waals surface area contributed by atoms with Crippen LogP contribution < -0.4 is 10.6 Å². The number of hydrogen-bond donors (Lipinski definition) is 1. The highest BCUT2D eigenvalue weighted by Crippen LogP contribution is 2.19. The first-order chi connectivity index (χ1) is 10.1. The minimum Gasteiger partial charge on any atom is -0.444 e. The quantitative estimate of drug-likeness (QED) is 0.896. The first-order valence-corrected chi connectivity index (χ1v) is 7.44. The van der Waals surface area contributed by atoms with Crippen LogP contribution >= 0.6 is 15.9 Å². The number of nitrogens with two attached hydrogens (primary N) is 1. The largest absolute Gasteiger partial charge is 0.444 e. The molecule has 3 rings (SSSR count). The summed E-state index contributed by atoms with van der Waals surface area (Å²) in [4.78, 5) is 20.3. The maximum atomic E-state index is 12.3. The lowest BCUT2D eigenvalue weighted by Gasteiger charge is -2.35. The van der Waals surface area contributed by atoms with Crippen LogP contribution in [0.2, 0.25) is 0 Å². The van der Waals surface area contributed by atoms with E-state index in [0.29, 0.717) is 29.3 Å². The maximum absolute atomic E-state index is 12.3. The van der Waals surface area contributed by atoms with Crippen LogP contribution in [0.25, 0.3) is 0 Å². The second-order valence-electron chi connectivity index (χ2n) is 4.82. The predicted octanol–water partition coefficient (Wildman–Crippen LogP) is 1.98. The molecule has 3 heterocycles. The summed E-state index contributed by atoms with van der Waals surface area (Å²) < 4.78 is 5.88. The highest BCUT2D eigenvalue weighted by atomic mass is 79.9. The van der Waals surface area contributed by atoms with Gasteiger partial charge in [-0.25, -0.2) is 4.98 Å². The second-order valence-corrected chi connectivity index (χ2v) is 5.61. The molecule has 1 fully saturated rings. The van der Waals surface area contributed by atoms with Gasteiger partial charge in [-0.3, -0.25) is 4.79 Å². The van der Waals surface area contributed by atoms with Crippen LogP contribution in [0, 0.1) is 0 Å². The van der Waals surface area contributed by atoms with Crippen molar-refractivity contribution in [3.8, 4) is 0 Å². The van der Waals surface area contributed by atoms with E-state index in [0.717, 1.165) is 18.8 Å². The monoisotopic (exact) mass is 350 g/mol. The van der Waals surface area contributed by atoms with Gasteiger partial charge in [0.1, 0.15) is 5.82 Å². The molecule has 6 nitrogen and oxygen atoms in total. The Labute approximate surface area is 130 Å². The topological polar surface area (TPSA) is 75.6 Å². The Kier molecular flexibility index (Phi) is 3.83. The van der Waals surface area contributed by atoms with Crippen LogP contribution in [0.15, 0.2) is 39.5 Å². The van der Waals surface area contributed by atoms with Crippen molar-refractivity contribution >= 4 is 33.3 Å². The molecule has 21 heavy (non-hydrogen) atoms. The first kappa shape index (κ1) is 13.9. The minimum absolute atomic E-state index is 0.0734. The average Bonchev–Trinajstić information content (AvgIpc) is 2.94. The molecule has 0 aliphatic carbocycles. The normalized spacial score (nSPS) is 15.3. The zero-order valence-electron chi connectivity index (χ0n) is 11.3. The molecule has 1 saturated heterocycles. The lowest BCUT2D eigenvalue weighted by molar-refractivity contribution is 0.0713. The van der Waals surface area contributed by atoms with Gasteiger partial charge in [-0.15, -0.1) is 0 Å². The summed E-state index contributed by atoms with van der Waals surface area (Å²) in [6, 6.07) is 7.14. The van der Waals surface area contributed by atoms with Gasteiger partial charge in [0, 0.05) is 26.2 Å². The molecular formula is C14H15BrN4O2. The van der Waals surface area contributed by atoms with Crippen LogP contribution in [0.5, 0.6) is 0 Å². The number of aromatic nitrogens is 1. The van der Waals surface area contributed by atoms with Gasteiger partial charge in [-0.05, 0) is 40.2 Å². The van der Waals surface area contributed by atoms with Crippen molar-refractivity contribution in [1.29, 1.82) is 0 Å². The Morgan fingerprint density at radius 1 is 1.19 bits per heavy atom. The van der Waals surface area contributed by atoms with Gasteiger partial charge in [0.25, 0.3) is 5.91 Å². The third-order valence-corrected chi connectivity index (χ3v) is 3.91. The molecule has 1 aliphatic rings. The van der Waals surface area contributed by atoms with Crippen molar-refractivity contribution in [2.24, 2.45) is 0 Å². The number of rotatable bonds is 2. The highest BCUT2D eigenvalue weighted by Gasteiger charge is 2.24. The fourth-order valence-electron chi connectivity index (χ4n) is 2.34. The molecule has 110 valence electrons. The lowest BCUT2D eigenvalue weighted by Crippen LogP contribution is -2.48. The van der Waals surface area contributed by atoms with Crippen LogP contribution in [0.1, 0.15) is 10.6 Å². The van der Waals surface area contributed by atoms with Crippen molar-refractivity contribution in [2.45, 2.75) is 0 Å². The van der Waals surface area contributed by atoms with Crippen LogP contribution in [-0.2, 0) is 0 Å². The molecule has 1 amide bonds. The number of pyridine rings is 1. The first-order valence-electron chi connectivity index (χ1n) is 6.64. The van der Waals surface area contributed by atoms with Crippen molar-refractivity contribution < 1.29 is 9.21 Å². The van der Waals surface area contributed by atoms with Crippen molar-refractivity contribution in [2.75, 3.05) is 36.8 Å². The number of nitrogens with zero attached hydrogens (tertiary/aromatic N) is 3. The van der Waals surface area contributed by atoms with E-state index in [2.05, 4.69) is 25.8 Å². The van der Waals surface area contributed by atoms with Crippen LogP contribution in [-0.4, -0.2) is 42.0 Å². The number of hydrogen-bond acceptors (Lipinski definition) is 5. The van der Waals surface area contributed by atoms with E-state index in [1.54, 1.807) is 29.3 Å². The number of carbonyl (C=O) groups excluding carboxylic acids is 1. The predicted molar refractivity (Wildman–Crippen MR) is 83.2 cm³/mol. The minimum atomic E-state index is -0.0734. The van der Waals surface area contributed by atoms with E-state index >= 15 is 0 Å². The number of halogens is 1. The summed E-state index contributed by atoms with van der Waals surface area (Å²) in [6.07, 6.45) is 1.76. The summed E-state index contributed by atoms with van der Waals surface area (Å²) >= 11 is 3.21. The van der Waals surface area contributed by atoms with E-state index in [1.165, 1.54) is 0 Å². The third kappa shape index (κ3) is 3.02. The SMILES string of the molecule is Nc1ccc(N2CCN(C(=O)c3ccc(Br)o3)CC2)cn1. The molecule has 0 aromatic carbocycles. The summed E-state index contributed by atoms with van der Waals surface area (Å²) in [7, 11) is 0. The zero-order valence-corrected chi connectivity index (χ0v) is 12.9. The molecule has 2 N–H and O–H groups in total. The van der Waals surface area contributed by atoms with Gasteiger partial charge < -0.3 is 20.0 Å². The average molecular weight is 351 g/mol. The van der Waals surface area contributed by atoms with Crippen molar-refractivity contribution in [1.82, 2.24) is 9.88 Å². The molecule has 2 aromatic rings. The summed E-state index contributed by atoms with van der Waals surface area (Å²) in [5, 5.41) is 0. The van der Waals surface area contributed by atoms with Gasteiger partial charge in [0.2, 0.25) is 0 Å². The van der Waals surface area contributed by atoms with E-state index in [-0.39, 0.29) is 5.91 Å². The number of anilines is 2. The Balaban J connectivity index is 1.62. The number of piperazine rings is 1. The Morgan fingerprint density at radius 3 is 2.52 bits per heavy atom. The molecular weight excluding hydrogens is 336 g/mol. The summed E-state index contributed by atoms with van der Waals surface area (Å²) in [5.74, 6) is 0.802. The highest BCUT2D eigenvalue weighted by molar-refractivity contribution is 9.10. The number of amides is 1. The van der Waals surface area contributed by atoms with Gasteiger partial charge in [0.05, 0.1) is 11.9 Å². The molecule has 0 radical (unpaired) electrons. The van der Waals surface area contributed by atoms with Crippen molar-refractivity contribution in [3.63, 3.8) is 0 Å².